The molecule has 1 aliphatic rings. The van der Waals surface area contributed by atoms with E-state index in [1.54, 1.807) is 56.3 Å². The molecule has 0 saturated heterocycles. The number of thiazole rings is 1. The number of aromatic nitrogens is 1. The molecule has 0 unspecified atom stereocenters. The number of allylic oxidation sites excluding steroid dienone is 1. The van der Waals surface area contributed by atoms with Crippen molar-refractivity contribution < 1.29 is 41.7 Å². The standard InChI is InChI=1S/C35H30ClF3N2O7S/c1-4-45-26-17-21(9-16-25(26)48-19-20-7-10-23(11-8-20)32(43)46-5-2)18-27-31(42)41-29(22-12-14-24(36)15-13-22)28(33(44)47-6-3)30(35(37,38)39)40-34(41)49-27/h7-18,29H,4-6,19H2,1-3H3/b27-18-/t29-/m1/s1. The van der Waals surface area contributed by atoms with Gasteiger partial charge in [0.25, 0.3) is 5.56 Å². The molecule has 0 amide bonds. The number of halogens is 4. The lowest BCUT2D eigenvalue weighted by molar-refractivity contribution is -0.140. The van der Waals surface area contributed by atoms with Crippen molar-refractivity contribution in [3.8, 4) is 11.5 Å². The molecule has 9 nitrogen and oxygen atoms in total. The highest BCUT2D eigenvalue weighted by Crippen LogP contribution is 2.38. The van der Waals surface area contributed by atoms with Gasteiger partial charge in [-0.25, -0.2) is 14.6 Å². The second kappa shape index (κ2) is 15.1. The van der Waals surface area contributed by atoms with Crippen LogP contribution in [0.3, 0.4) is 0 Å². The number of hydrogen-bond donors (Lipinski definition) is 0. The first kappa shape index (κ1) is 35.4. The van der Waals surface area contributed by atoms with Gasteiger partial charge in [0.05, 0.1) is 41.5 Å². The lowest BCUT2D eigenvalue weighted by atomic mass is 9.95. The fraction of sp³-hybridized carbons (Fsp3) is 0.257. The van der Waals surface area contributed by atoms with Crippen LogP contribution in [-0.2, 0) is 20.9 Å². The molecule has 49 heavy (non-hydrogen) atoms. The van der Waals surface area contributed by atoms with Crippen LogP contribution in [0, 0.1) is 0 Å². The van der Waals surface area contributed by atoms with E-state index in [9.17, 15) is 27.6 Å². The Balaban J connectivity index is 1.53. The number of carbonyl (C=O) groups is 2. The summed E-state index contributed by atoms with van der Waals surface area (Å²) in [5.74, 6) is -0.876. The van der Waals surface area contributed by atoms with E-state index in [-0.39, 0.29) is 34.7 Å². The van der Waals surface area contributed by atoms with Crippen molar-refractivity contribution in [1.82, 2.24) is 4.57 Å². The highest BCUT2D eigenvalue weighted by molar-refractivity contribution is 7.07. The van der Waals surface area contributed by atoms with E-state index in [0.717, 1.165) is 21.5 Å². The van der Waals surface area contributed by atoms with Crippen molar-refractivity contribution in [2.45, 2.75) is 39.6 Å². The molecule has 0 aliphatic carbocycles. The third kappa shape index (κ3) is 7.89. The Hall–Kier alpha value is -4.88. The summed E-state index contributed by atoms with van der Waals surface area (Å²) in [5.41, 5.74) is -0.967. The van der Waals surface area contributed by atoms with Gasteiger partial charge in [-0.05, 0) is 79.9 Å². The van der Waals surface area contributed by atoms with Crippen LogP contribution in [0.5, 0.6) is 11.5 Å². The number of rotatable bonds is 11. The highest BCUT2D eigenvalue weighted by Gasteiger charge is 2.45. The number of fused-ring (bicyclic) bond motifs is 1. The lowest BCUT2D eigenvalue weighted by Crippen LogP contribution is -2.41. The zero-order valence-corrected chi connectivity index (χ0v) is 28.1. The molecule has 5 rings (SSSR count). The zero-order chi connectivity index (χ0) is 35.3. The molecular weight excluding hydrogens is 685 g/mol. The summed E-state index contributed by atoms with van der Waals surface area (Å²) < 4.78 is 66.1. The molecule has 0 bridgehead atoms. The van der Waals surface area contributed by atoms with Crippen molar-refractivity contribution in [2.24, 2.45) is 4.99 Å². The molecule has 0 spiro atoms. The van der Waals surface area contributed by atoms with E-state index >= 15 is 0 Å². The van der Waals surface area contributed by atoms with Gasteiger partial charge in [-0.15, -0.1) is 0 Å². The molecule has 1 atom stereocenters. The average Bonchev–Trinajstić information content (AvgIpc) is 3.38. The van der Waals surface area contributed by atoms with Gasteiger partial charge >= 0.3 is 18.1 Å². The number of hydrogen-bond acceptors (Lipinski definition) is 9. The molecule has 3 aromatic carbocycles. The fourth-order valence-corrected chi connectivity index (χ4v) is 6.19. The largest absolute Gasteiger partial charge is 0.490 e. The third-order valence-electron chi connectivity index (χ3n) is 7.21. The van der Waals surface area contributed by atoms with E-state index < -0.39 is 41.0 Å². The molecule has 256 valence electrons. The van der Waals surface area contributed by atoms with Crippen molar-refractivity contribution >= 4 is 41.0 Å². The van der Waals surface area contributed by atoms with Gasteiger partial charge in [0.2, 0.25) is 0 Å². The SMILES string of the molecule is CCOC(=O)C1=C(C(F)(F)F)N=c2s/c(=C\c3ccc(OCc4ccc(C(=O)OCC)cc4)c(OCC)c3)c(=O)n2[C@@H]1c1ccc(Cl)cc1. The number of alkyl halides is 3. The van der Waals surface area contributed by atoms with Crippen LogP contribution in [0.25, 0.3) is 6.08 Å². The predicted molar refractivity (Wildman–Crippen MR) is 177 cm³/mol. The summed E-state index contributed by atoms with van der Waals surface area (Å²) >= 11 is 6.79. The number of esters is 2. The summed E-state index contributed by atoms with van der Waals surface area (Å²) in [7, 11) is 0. The van der Waals surface area contributed by atoms with Crippen LogP contribution in [0.4, 0.5) is 13.2 Å². The molecule has 1 aromatic heterocycles. The monoisotopic (exact) mass is 714 g/mol. The minimum absolute atomic E-state index is 0.0714. The van der Waals surface area contributed by atoms with Gasteiger partial charge in [0.15, 0.2) is 22.0 Å². The Morgan fingerprint density at radius 1 is 0.898 bits per heavy atom. The van der Waals surface area contributed by atoms with Crippen molar-refractivity contribution in [2.75, 3.05) is 19.8 Å². The van der Waals surface area contributed by atoms with Crippen LogP contribution in [0.15, 0.2) is 87.8 Å². The molecule has 2 heterocycles. The molecule has 0 saturated carbocycles. The van der Waals surface area contributed by atoms with E-state index in [1.807, 2.05) is 0 Å². The molecule has 14 heteroatoms. The number of nitrogens with zero attached hydrogens (tertiary/aromatic N) is 2. The Morgan fingerprint density at radius 2 is 1.57 bits per heavy atom. The van der Waals surface area contributed by atoms with Gasteiger partial charge in [-0.2, -0.15) is 13.2 Å². The number of benzene rings is 3. The summed E-state index contributed by atoms with van der Waals surface area (Å²) in [6.45, 7) is 5.54. The Bertz CT molecular complexity index is 2070. The molecule has 0 N–H and O–H groups in total. The minimum atomic E-state index is -5.02. The first-order valence-electron chi connectivity index (χ1n) is 15.2. The van der Waals surface area contributed by atoms with Gasteiger partial charge in [0.1, 0.15) is 6.61 Å². The summed E-state index contributed by atoms with van der Waals surface area (Å²) in [4.78, 5) is 42.4. The minimum Gasteiger partial charge on any atom is -0.490 e. The van der Waals surface area contributed by atoms with Gasteiger partial charge in [-0.3, -0.25) is 9.36 Å². The topological polar surface area (TPSA) is 105 Å². The summed E-state index contributed by atoms with van der Waals surface area (Å²) in [6.07, 6.45) is -3.52. The van der Waals surface area contributed by atoms with E-state index in [2.05, 4.69) is 4.99 Å². The van der Waals surface area contributed by atoms with Crippen LogP contribution < -0.4 is 24.4 Å². The molecule has 1 aliphatic heterocycles. The zero-order valence-electron chi connectivity index (χ0n) is 26.5. The number of ether oxygens (including phenoxy) is 4. The second-order valence-corrected chi connectivity index (χ2v) is 11.9. The lowest BCUT2D eigenvalue weighted by Gasteiger charge is -2.26. The van der Waals surface area contributed by atoms with Crippen LogP contribution >= 0.6 is 22.9 Å². The van der Waals surface area contributed by atoms with Gasteiger partial charge < -0.3 is 18.9 Å². The quantitative estimate of drug-likeness (QED) is 0.172. The van der Waals surface area contributed by atoms with Crippen molar-refractivity contribution in [3.05, 3.63) is 125 Å². The normalized spacial score (nSPS) is 14.6. The Labute approximate surface area is 287 Å². The smallest absolute Gasteiger partial charge is 0.434 e. The van der Waals surface area contributed by atoms with Gasteiger partial charge in [0, 0.05) is 5.02 Å². The average molecular weight is 715 g/mol. The highest BCUT2D eigenvalue weighted by atomic mass is 35.5. The maximum Gasteiger partial charge on any atom is 0.434 e. The van der Waals surface area contributed by atoms with Gasteiger partial charge in [-0.1, -0.05) is 53.3 Å². The van der Waals surface area contributed by atoms with Crippen LogP contribution in [0.1, 0.15) is 53.9 Å². The van der Waals surface area contributed by atoms with E-state index in [1.165, 1.54) is 37.3 Å². The van der Waals surface area contributed by atoms with E-state index in [0.29, 0.717) is 34.3 Å². The summed E-state index contributed by atoms with van der Waals surface area (Å²) in [6, 6.07) is 16.1. The van der Waals surface area contributed by atoms with E-state index in [4.69, 9.17) is 30.5 Å². The first-order valence-corrected chi connectivity index (χ1v) is 16.4. The maximum absolute atomic E-state index is 14.4. The summed E-state index contributed by atoms with van der Waals surface area (Å²) in [5, 5.41) is 0.318. The Morgan fingerprint density at radius 3 is 2.20 bits per heavy atom. The Kier molecular flexibility index (Phi) is 10.9. The van der Waals surface area contributed by atoms with Crippen molar-refractivity contribution in [3.63, 3.8) is 0 Å². The molecular formula is C35H30ClF3N2O7S. The first-order chi connectivity index (χ1) is 23.4. The second-order valence-electron chi connectivity index (χ2n) is 10.5. The predicted octanol–water partition coefficient (Wildman–Crippen LogP) is 6.15. The molecule has 4 aromatic rings. The molecule has 0 fully saturated rings. The molecule has 0 radical (unpaired) electrons. The maximum atomic E-state index is 14.4. The third-order valence-corrected chi connectivity index (χ3v) is 8.44. The number of carbonyl (C=O) groups excluding carboxylic acids is 2. The van der Waals surface area contributed by atoms with Crippen LogP contribution in [-0.4, -0.2) is 42.5 Å². The fourth-order valence-electron chi connectivity index (χ4n) is 5.07. The van der Waals surface area contributed by atoms with Crippen molar-refractivity contribution in [1.29, 1.82) is 0 Å². The van der Waals surface area contributed by atoms with Crippen LogP contribution in [0.2, 0.25) is 5.02 Å².